The number of nitrogens with one attached hydrogen (secondary N) is 1. The van der Waals surface area contributed by atoms with Crippen molar-refractivity contribution in [2.45, 2.75) is 24.0 Å². The molecule has 1 aliphatic carbocycles. The third-order valence-electron chi connectivity index (χ3n) is 3.06. The van der Waals surface area contributed by atoms with Crippen molar-refractivity contribution in [2.75, 3.05) is 5.75 Å². The van der Waals surface area contributed by atoms with Gasteiger partial charge in [-0.25, -0.2) is 0 Å². The van der Waals surface area contributed by atoms with Gasteiger partial charge >= 0.3 is 0 Å². The van der Waals surface area contributed by atoms with Crippen LogP contribution in [-0.4, -0.2) is 43.9 Å². The van der Waals surface area contributed by atoms with Crippen molar-refractivity contribution in [3.63, 3.8) is 0 Å². The Kier molecular flexibility index (Phi) is 4.05. The van der Waals surface area contributed by atoms with Gasteiger partial charge < -0.3 is 15.2 Å². The highest BCUT2D eigenvalue weighted by Gasteiger charge is 2.23. The summed E-state index contributed by atoms with van der Waals surface area (Å²) in [7, 11) is 0. The number of rotatable bonds is 6. The molecule has 1 aromatic heterocycles. The summed E-state index contributed by atoms with van der Waals surface area (Å²) in [5.74, 6) is -1.06. The second-order valence-electron chi connectivity index (χ2n) is 4.84. The predicted octanol–water partition coefficient (Wildman–Crippen LogP) is -0.603. The van der Waals surface area contributed by atoms with E-state index in [1.807, 2.05) is 0 Å². The zero-order valence-electron chi connectivity index (χ0n) is 11.4. The zero-order valence-corrected chi connectivity index (χ0v) is 12.2. The number of carbonyl (C=O) groups excluding carboxylic acids is 2. The second kappa shape index (κ2) is 6.14. The maximum Gasteiger partial charge on any atom is 0.230 e. The van der Waals surface area contributed by atoms with Crippen LogP contribution in [0.3, 0.4) is 0 Å². The maximum atomic E-state index is 11.7. The Morgan fingerprint density at radius 2 is 2.05 bits per heavy atom. The molecule has 1 heterocycles. The predicted molar refractivity (Wildman–Crippen MR) is 75.4 cm³/mol. The highest BCUT2D eigenvalue weighted by molar-refractivity contribution is 7.99. The van der Waals surface area contributed by atoms with Crippen molar-refractivity contribution in [3.05, 3.63) is 29.8 Å². The lowest BCUT2D eigenvalue weighted by atomic mass is 10.2. The Bertz CT molecular complexity index is 696. The van der Waals surface area contributed by atoms with Gasteiger partial charge in [0.1, 0.15) is 0 Å². The average molecular weight is 318 g/mol. The van der Waals surface area contributed by atoms with E-state index in [1.54, 1.807) is 12.1 Å². The quantitative estimate of drug-likeness (QED) is 0.707. The van der Waals surface area contributed by atoms with Crippen molar-refractivity contribution >= 4 is 23.6 Å². The number of aromatic carboxylic acids is 1. The van der Waals surface area contributed by atoms with E-state index in [1.165, 1.54) is 28.6 Å². The van der Waals surface area contributed by atoms with Crippen LogP contribution in [0.5, 0.6) is 0 Å². The van der Waals surface area contributed by atoms with E-state index in [2.05, 4.69) is 20.8 Å². The molecule has 1 aromatic carbocycles. The van der Waals surface area contributed by atoms with Gasteiger partial charge in [0.15, 0.2) is 0 Å². The summed E-state index contributed by atoms with van der Waals surface area (Å²) >= 11 is 1.22. The fourth-order valence-corrected chi connectivity index (χ4v) is 2.50. The Morgan fingerprint density at radius 1 is 1.32 bits per heavy atom. The van der Waals surface area contributed by atoms with Crippen LogP contribution in [-0.2, 0) is 4.79 Å². The standard InChI is InChI=1S/C13H13N5O3S/c19-11(14-9-3-4-9)7-22-13-15-16-17-18(13)10-5-1-8(2-6-10)12(20)21/h1-2,5-6,9H,3-4,7H2,(H,14,19)(H,20,21)/p-1. The Balaban J connectivity index is 1.68. The first kappa shape index (κ1) is 14.5. The molecule has 1 fully saturated rings. The molecule has 1 saturated carbocycles. The smallest absolute Gasteiger partial charge is 0.230 e. The summed E-state index contributed by atoms with van der Waals surface area (Å²) in [6.45, 7) is 0. The van der Waals surface area contributed by atoms with Crippen molar-refractivity contribution in [2.24, 2.45) is 0 Å². The SMILES string of the molecule is O=C(CSc1nnnn1-c1ccc(C(=O)[O-])cc1)NC1CC1. The molecule has 0 spiro atoms. The first-order chi connectivity index (χ1) is 10.6. The van der Waals surface area contributed by atoms with Gasteiger partial charge in [-0.05, 0) is 41.0 Å². The summed E-state index contributed by atoms with van der Waals surface area (Å²) in [5.41, 5.74) is 0.690. The summed E-state index contributed by atoms with van der Waals surface area (Å²) in [4.78, 5) is 22.4. The van der Waals surface area contributed by atoms with Gasteiger partial charge in [0, 0.05) is 6.04 Å². The van der Waals surface area contributed by atoms with Crippen LogP contribution < -0.4 is 10.4 Å². The topological polar surface area (TPSA) is 113 Å². The monoisotopic (exact) mass is 318 g/mol. The fraction of sp³-hybridized carbons (Fsp3) is 0.308. The number of carbonyl (C=O) groups is 2. The molecule has 9 heteroatoms. The first-order valence-corrected chi connectivity index (χ1v) is 7.64. The molecule has 114 valence electrons. The van der Waals surface area contributed by atoms with E-state index >= 15 is 0 Å². The molecule has 22 heavy (non-hydrogen) atoms. The lowest BCUT2D eigenvalue weighted by molar-refractivity contribution is -0.255. The molecule has 0 bridgehead atoms. The Hall–Kier alpha value is -2.42. The van der Waals surface area contributed by atoms with Gasteiger partial charge in [-0.1, -0.05) is 23.9 Å². The van der Waals surface area contributed by atoms with E-state index in [0.29, 0.717) is 16.9 Å². The molecule has 0 saturated heterocycles. The molecule has 2 aromatic rings. The lowest BCUT2D eigenvalue weighted by Gasteiger charge is -2.06. The largest absolute Gasteiger partial charge is 0.545 e. The minimum absolute atomic E-state index is 0.0469. The number of tetrazole rings is 1. The number of carboxylic acids is 1. The number of amides is 1. The average Bonchev–Trinajstić information content (AvgIpc) is 3.19. The summed E-state index contributed by atoms with van der Waals surface area (Å²) in [6, 6.07) is 6.31. The van der Waals surface area contributed by atoms with Gasteiger partial charge in [-0.3, -0.25) is 4.79 Å². The Morgan fingerprint density at radius 3 is 2.68 bits per heavy atom. The van der Waals surface area contributed by atoms with Crippen LogP contribution >= 0.6 is 11.8 Å². The van der Waals surface area contributed by atoms with Crippen molar-refractivity contribution in [3.8, 4) is 5.69 Å². The van der Waals surface area contributed by atoms with Crippen LogP contribution in [0.15, 0.2) is 29.4 Å². The van der Waals surface area contributed by atoms with Gasteiger partial charge in [-0.15, -0.1) is 5.10 Å². The molecule has 8 nitrogen and oxygen atoms in total. The number of carboxylic acid groups (broad SMARTS) is 1. The molecule has 0 unspecified atom stereocenters. The van der Waals surface area contributed by atoms with Crippen LogP contribution in [0.2, 0.25) is 0 Å². The van der Waals surface area contributed by atoms with Gasteiger partial charge in [0.05, 0.1) is 17.4 Å². The molecular formula is C13H12N5O3S-. The fourth-order valence-electron chi connectivity index (χ4n) is 1.80. The molecule has 1 aliphatic rings. The number of hydrogen-bond donors (Lipinski definition) is 1. The summed E-state index contributed by atoms with van der Waals surface area (Å²) in [6.07, 6.45) is 2.08. The first-order valence-electron chi connectivity index (χ1n) is 6.66. The number of aromatic nitrogens is 4. The van der Waals surface area contributed by atoms with Crippen LogP contribution in [0.1, 0.15) is 23.2 Å². The van der Waals surface area contributed by atoms with Crippen molar-refractivity contribution in [1.82, 2.24) is 25.5 Å². The van der Waals surface area contributed by atoms with Gasteiger partial charge in [0.2, 0.25) is 11.1 Å². The molecule has 0 atom stereocenters. The number of thioether (sulfide) groups is 1. The number of hydrogen-bond acceptors (Lipinski definition) is 7. The Labute approximate surface area is 129 Å². The minimum Gasteiger partial charge on any atom is -0.545 e. The van der Waals surface area contributed by atoms with E-state index in [-0.39, 0.29) is 17.2 Å². The molecule has 0 radical (unpaired) electrons. The lowest BCUT2D eigenvalue weighted by Crippen LogP contribution is -2.27. The normalized spacial score (nSPS) is 13.8. The summed E-state index contributed by atoms with van der Waals surface area (Å²) < 4.78 is 1.45. The van der Waals surface area contributed by atoms with E-state index in [0.717, 1.165) is 12.8 Å². The third kappa shape index (κ3) is 3.42. The van der Waals surface area contributed by atoms with Gasteiger partial charge in [0.25, 0.3) is 0 Å². The summed E-state index contributed by atoms with van der Waals surface area (Å²) in [5, 5.41) is 25.4. The van der Waals surface area contributed by atoms with Crippen molar-refractivity contribution < 1.29 is 14.7 Å². The number of benzene rings is 1. The van der Waals surface area contributed by atoms with Crippen molar-refractivity contribution in [1.29, 1.82) is 0 Å². The van der Waals surface area contributed by atoms with Crippen LogP contribution in [0.25, 0.3) is 5.69 Å². The minimum atomic E-state index is -1.24. The molecular weight excluding hydrogens is 306 g/mol. The molecule has 0 aliphatic heterocycles. The third-order valence-corrected chi connectivity index (χ3v) is 3.98. The molecule has 3 rings (SSSR count). The highest BCUT2D eigenvalue weighted by atomic mass is 32.2. The maximum absolute atomic E-state index is 11.7. The van der Waals surface area contributed by atoms with E-state index in [4.69, 9.17) is 0 Å². The zero-order chi connectivity index (χ0) is 15.5. The number of nitrogens with zero attached hydrogens (tertiary/aromatic N) is 4. The second-order valence-corrected chi connectivity index (χ2v) is 5.78. The molecule has 1 N–H and O–H groups in total. The van der Waals surface area contributed by atoms with Gasteiger partial charge in [-0.2, -0.15) is 4.68 Å². The highest BCUT2D eigenvalue weighted by Crippen LogP contribution is 2.21. The van der Waals surface area contributed by atoms with E-state index in [9.17, 15) is 14.7 Å². The van der Waals surface area contributed by atoms with Crippen LogP contribution in [0.4, 0.5) is 0 Å². The molecule has 1 amide bonds. The van der Waals surface area contributed by atoms with E-state index < -0.39 is 5.97 Å². The van der Waals surface area contributed by atoms with Crippen LogP contribution in [0, 0.1) is 0 Å².